The molecule has 7 heteroatoms. The van der Waals surface area contributed by atoms with E-state index in [2.05, 4.69) is 5.32 Å². The second kappa shape index (κ2) is 7.36. The van der Waals surface area contributed by atoms with Crippen molar-refractivity contribution in [3.63, 3.8) is 0 Å². The molecule has 1 fully saturated rings. The van der Waals surface area contributed by atoms with Crippen molar-refractivity contribution in [2.45, 2.75) is 0 Å². The van der Waals surface area contributed by atoms with Crippen LogP contribution in [-0.4, -0.2) is 33.1 Å². The lowest BCUT2D eigenvalue weighted by Crippen LogP contribution is -2.36. The van der Waals surface area contributed by atoms with Crippen molar-refractivity contribution < 1.29 is 14.4 Å². The van der Waals surface area contributed by atoms with Crippen LogP contribution in [0.2, 0.25) is 0 Å². The maximum absolute atomic E-state index is 12.7. The molecule has 140 valence electrons. The van der Waals surface area contributed by atoms with Crippen LogP contribution in [0.3, 0.4) is 0 Å². The molecule has 0 spiro atoms. The zero-order valence-electron chi connectivity index (χ0n) is 15.1. The molecule has 28 heavy (non-hydrogen) atoms. The van der Waals surface area contributed by atoms with Crippen LogP contribution in [0.15, 0.2) is 65.7 Å². The first kappa shape index (κ1) is 18.1. The number of imide groups is 1. The Labute approximate surface area is 165 Å². The van der Waals surface area contributed by atoms with Crippen LogP contribution in [0, 0.1) is 0 Å². The first-order valence-corrected chi connectivity index (χ1v) is 9.49. The number of nitrogens with one attached hydrogen (secondary N) is 1. The Kier molecular flexibility index (Phi) is 4.75. The fourth-order valence-corrected chi connectivity index (χ4v) is 3.96. The van der Waals surface area contributed by atoms with E-state index < -0.39 is 17.1 Å². The first-order valence-electron chi connectivity index (χ1n) is 8.67. The molecule has 0 bridgehead atoms. The van der Waals surface area contributed by atoms with Crippen LogP contribution in [0.25, 0.3) is 17.0 Å². The predicted octanol–water partition coefficient (Wildman–Crippen LogP) is 3.85. The molecule has 2 heterocycles. The van der Waals surface area contributed by atoms with Crippen molar-refractivity contribution in [3.05, 3.63) is 71.3 Å². The molecule has 1 aliphatic rings. The third-order valence-electron chi connectivity index (χ3n) is 4.45. The number of rotatable bonds is 4. The van der Waals surface area contributed by atoms with Gasteiger partial charge in [0.25, 0.3) is 11.1 Å². The number of carbonyl (C=O) groups is 3. The molecule has 1 saturated heterocycles. The van der Waals surface area contributed by atoms with Gasteiger partial charge in [0, 0.05) is 35.4 Å². The van der Waals surface area contributed by atoms with Crippen molar-refractivity contribution in [1.82, 2.24) is 9.47 Å². The lowest BCUT2D eigenvalue weighted by molar-refractivity contribution is -0.127. The molecule has 0 aliphatic carbocycles. The van der Waals surface area contributed by atoms with E-state index in [0.717, 1.165) is 33.1 Å². The molecule has 1 aliphatic heterocycles. The molecule has 3 amide bonds. The summed E-state index contributed by atoms with van der Waals surface area (Å²) < 4.78 is 1.97. The molecular formula is C21H17N3O3S. The summed E-state index contributed by atoms with van der Waals surface area (Å²) in [4.78, 5) is 38.5. The number of para-hydroxylation sites is 2. The SMILES string of the molecule is Cn1cc(/C=C2/SC(=O)N(CC(=O)Nc3ccccc3)C2=O)c2ccccc21. The highest BCUT2D eigenvalue weighted by Gasteiger charge is 2.36. The zero-order chi connectivity index (χ0) is 19.7. The minimum Gasteiger partial charge on any atom is -0.350 e. The summed E-state index contributed by atoms with van der Waals surface area (Å²) >= 11 is 0.852. The van der Waals surface area contributed by atoms with Crippen LogP contribution in [0.4, 0.5) is 10.5 Å². The van der Waals surface area contributed by atoms with E-state index in [4.69, 9.17) is 0 Å². The van der Waals surface area contributed by atoms with Crippen LogP contribution < -0.4 is 5.32 Å². The number of aromatic nitrogens is 1. The number of carbonyl (C=O) groups excluding carboxylic acids is 3. The van der Waals surface area contributed by atoms with E-state index in [1.807, 2.05) is 48.1 Å². The van der Waals surface area contributed by atoms with Gasteiger partial charge in [-0.3, -0.25) is 19.3 Å². The number of thioether (sulfide) groups is 1. The lowest BCUT2D eigenvalue weighted by Gasteiger charge is -2.12. The standard InChI is InChI=1S/C21H17N3O3S/c1-23-12-14(16-9-5-6-10-17(16)23)11-18-20(26)24(21(27)28-18)13-19(25)22-15-7-3-2-4-8-15/h2-12H,13H2,1H3,(H,22,25)/b18-11+. The third kappa shape index (κ3) is 3.44. The Balaban J connectivity index is 1.53. The predicted molar refractivity (Wildman–Crippen MR) is 111 cm³/mol. The Hall–Kier alpha value is -3.32. The lowest BCUT2D eigenvalue weighted by atomic mass is 10.1. The van der Waals surface area contributed by atoms with Crippen molar-refractivity contribution >= 4 is 51.5 Å². The summed E-state index contributed by atoms with van der Waals surface area (Å²) in [5, 5.41) is 3.24. The summed E-state index contributed by atoms with van der Waals surface area (Å²) in [6.07, 6.45) is 3.63. The molecule has 1 N–H and O–H groups in total. The van der Waals surface area contributed by atoms with Gasteiger partial charge in [-0.2, -0.15) is 0 Å². The molecule has 0 radical (unpaired) electrons. The highest BCUT2D eigenvalue weighted by atomic mass is 32.2. The molecule has 1 aromatic heterocycles. The fourth-order valence-electron chi connectivity index (χ4n) is 3.13. The van der Waals surface area contributed by atoms with Gasteiger partial charge in [0.1, 0.15) is 6.54 Å². The van der Waals surface area contributed by atoms with Crippen molar-refractivity contribution in [1.29, 1.82) is 0 Å². The van der Waals surface area contributed by atoms with E-state index >= 15 is 0 Å². The van der Waals surface area contributed by atoms with E-state index in [-0.39, 0.29) is 6.54 Å². The highest BCUT2D eigenvalue weighted by Crippen LogP contribution is 2.33. The largest absolute Gasteiger partial charge is 0.350 e. The van der Waals surface area contributed by atoms with Gasteiger partial charge < -0.3 is 9.88 Å². The van der Waals surface area contributed by atoms with Gasteiger partial charge in [0.2, 0.25) is 5.91 Å². The fraction of sp³-hybridized carbons (Fsp3) is 0.0952. The van der Waals surface area contributed by atoms with Crippen LogP contribution >= 0.6 is 11.8 Å². The smallest absolute Gasteiger partial charge is 0.294 e. The molecule has 3 aromatic rings. The van der Waals surface area contributed by atoms with E-state index in [0.29, 0.717) is 10.6 Å². The van der Waals surface area contributed by atoms with Crippen molar-refractivity contribution in [3.8, 4) is 0 Å². The van der Waals surface area contributed by atoms with E-state index in [9.17, 15) is 14.4 Å². The van der Waals surface area contributed by atoms with Gasteiger partial charge in [0.15, 0.2) is 0 Å². The number of hydrogen-bond acceptors (Lipinski definition) is 4. The van der Waals surface area contributed by atoms with Crippen LogP contribution in [0.1, 0.15) is 5.56 Å². The molecule has 0 atom stereocenters. The van der Waals surface area contributed by atoms with Gasteiger partial charge in [-0.25, -0.2) is 0 Å². The quantitative estimate of drug-likeness (QED) is 0.686. The Morgan fingerprint density at radius 3 is 2.57 bits per heavy atom. The Morgan fingerprint density at radius 2 is 1.79 bits per heavy atom. The summed E-state index contributed by atoms with van der Waals surface area (Å²) in [6.45, 7) is -0.313. The van der Waals surface area contributed by atoms with Gasteiger partial charge >= 0.3 is 0 Å². The minimum atomic E-state index is -0.453. The average Bonchev–Trinajstić information content (AvgIpc) is 3.14. The second-order valence-electron chi connectivity index (χ2n) is 6.39. The first-order chi connectivity index (χ1) is 13.5. The summed E-state index contributed by atoms with van der Waals surface area (Å²) in [5.41, 5.74) is 2.51. The second-order valence-corrected chi connectivity index (χ2v) is 7.39. The summed E-state index contributed by atoms with van der Waals surface area (Å²) in [5.74, 6) is -0.869. The number of amides is 3. The maximum atomic E-state index is 12.7. The van der Waals surface area contributed by atoms with Gasteiger partial charge in [-0.1, -0.05) is 36.4 Å². The van der Waals surface area contributed by atoms with Crippen molar-refractivity contribution in [2.75, 3.05) is 11.9 Å². The summed E-state index contributed by atoms with van der Waals surface area (Å²) in [6, 6.07) is 16.8. The van der Waals surface area contributed by atoms with Gasteiger partial charge in [0.05, 0.1) is 4.91 Å². The van der Waals surface area contributed by atoms with Crippen molar-refractivity contribution in [2.24, 2.45) is 7.05 Å². The summed E-state index contributed by atoms with van der Waals surface area (Å²) in [7, 11) is 1.93. The molecular weight excluding hydrogens is 374 g/mol. The van der Waals surface area contributed by atoms with E-state index in [1.54, 1.807) is 30.3 Å². The number of benzene rings is 2. The number of aryl methyl sites for hydroxylation is 1. The number of anilines is 1. The van der Waals surface area contributed by atoms with Gasteiger partial charge in [-0.15, -0.1) is 0 Å². The number of hydrogen-bond donors (Lipinski definition) is 1. The normalized spacial score (nSPS) is 15.6. The molecule has 4 rings (SSSR count). The zero-order valence-corrected chi connectivity index (χ0v) is 15.9. The molecule has 0 saturated carbocycles. The minimum absolute atomic E-state index is 0.313. The number of nitrogens with zero attached hydrogens (tertiary/aromatic N) is 2. The van der Waals surface area contributed by atoms with Crippen LogP contribution in [0.5, 0.6) is 0 Å². The molecule has 0 unspecified atom stereocenters. The van der Waals surface area contributed by atoms with Gasteiger partial charge in [-0.05, 0) is 36.0 Å². The topological polar surface area (TPSA) is 71.4 Å². The monoisotopic (exact) mass is 391 g/mol. The molecule has 2 aromatic carbocycles. The molecule has 6 nitrogen and oxygen atoms in total. The highest BCUT2D eigenvalue weighted by molar-refractivity contribution is 8.18. The van der Waals surface area contributed by atoms with E-state index in [1.165, 1.54) is 0 Å². The average molecular weight is 391 g/mol. The van der Waals surface area contributed by atoms with Crippen LogP contribution in [-0.2, 0) is 16.6 Å². The third-order valence-corrected chi connectivity index (χ3v) is 5.35. The maximum Gasteiger partial charge on any atom is 0.294 e. The Bertz CT molecular complexity index is 1120. The number of fused-ring (bicyclic) bond motifs is 1. The Morgan fingerprint density at radius 1 is 1.07 bits per heavy atom.